The Kier molecular flexibility index (Phi) is 5.89. The quantitative estimate of drug-likeness (QED) is 0.619. The van der Waals surface area contributed by atoms with Crippen LogP contribution in [0.3, 0.4) is 0 Å². The zero-order valence-corrected chi connectivity index (χ0v) is 11.9. The smallest absolute Gasteiger partial charge is 0.211 e. The van der Waals surface area contributed by atoms with Crippen LogP contribution in [0.1, 0.15) is 46.0 Å². The molecule has 4 nitrogen and oxygen atoms in total. The van der Waals surface area contributed by atoms with Crippen molar-refractivity contribution in [3.63, 3.8) is 0 Å². The van der Waals surface area contributed by atoms with E-state index in [1.54, 1.807) is 0 Å². The fourth-order valence-electron chi connectivity index (χ4n) is 2.23. The molecule has 0 aromatic carbocycles. The molecule has 0 spiro atoms. The van der Waals surface area contributed by atoms with E-state index >= 15 is 0 Å². The van der Waals surface area contributed by atoms with Gasteiger partial charge in [-0.25, -0.2) is 13.1 Å². The molecule has 0 amide bonds. The molecule has 2 N–H and O–H groups in total. The normalized spacial score (nSPS) is 18.9. The average Bonchev–Trinajstić information content (AvgIpc) is 2.24. The summed E-state index contributed by atoms with van der Waals surface area (Å²) >= 11 is 0. The first-order valence-corrected chi connectivity index (χ1v) is 8.37. The molecule has 0 saturated heterocycles. The second-order valence-electron chi connectivity index (χ2n) is 5.05. The molecule has 0 bridgehead atoms. The molecule has 102 valence electrons. The van der Waals surface area contributed by atoms with Gasteiger partial charge in [-0.15, -0.1) is 0 Å². The fourth-order valence-corrected chi connectivity index (χ4v) is 3.43. The summed E-state index contributed by atoms with van der Waals surface area (Å²) in [5.41, 5.74) is 0.259. The molecule has 1 aliphatic carbocycles. The third-order valence-electron chi connectivity index (χ3n) is 3.85. The molecular weight excluding hydrogens is 236 g/mol. The van der Waals surface area contributed by atoms with E-state index < -0.39 is 10.0 Å². The summed E-state index contributed by atoms with van der Waals surface area (Å²) in [5.74, 6) is 0.236. The van der Waals surface area contributed by atoms with Gasteiger partial charge in [-0.1, -0.05) is 20.3 Å². The Labute approximate surface area is 106 Å². The van der Waals surface area contributed by atoms with Crippen molar-refractivity contribution in [3.05, 3.63) is 0 Å². The van der Waals surface area contributed by atoms with Crippen molar-refractivity contribution in [1.82, 2.24) is 10.0 Å². The van der Waals surface area contributed by atoms with E-state index in [1.165, 1.54) is 19.3 Å². The van der Waals surface area contributed by atoms with Crippen LogP contribution in [-0.4, -0.2) is 33.8 Å². The van der Waals surface area contributed by atoms with Crippen LogP contribution >= 0.6 is 0 Å². The van der Waals surface area contributed by atoms with E-state index in [0.717, 1.165) is 19.5 Å². The van der Waals surface area contributed by atoms with Crippen LogP contribution in [0.15, 0.2) is 0 Å². The van der Waals surface area contributed by atoms with Crippen LogP contribution in [0.25, 0.3) is 0 Å². The molecule has 1 saturated carbocycles. The molecule has 0 atom stereocenters. The Hall–Kier alpha value is -0.130. The molecule has 0 aromatic rings. The number of nitrogens with one attached hydrogen (secondary N) is 2. The van der Waals surface area contributed by atoms with Gasteiger partial charge in [0.25, 0.3) is 0 Å². The van der Waals surface area contributed by atoms with Gasteiger partial charge in [-0.05, 0) is 44.2 Å². The second-order valence-corrected chi connectivity index (χ2v) is 6.98. The van der Waals surface area contributed by atoms with Gasteiger partial charge in [-0.2, -0.15) is 0 Å². The van der Waals surface area contributed by atoms with E-state index in [2.05, 4.69) is 17.0 Å². The summed E-state index contributed by atoms with van der Waals surface area (Å²) in [4.78, 5) is 0. The van der Waals surface area contributed by atoms with Crippen LogP contribution in [0.2, 0.25) is 0 Å². The van der Waals surface area contributed by atoms with Gasteiger partial charge in [0.15, 0.2) is 0 Å². The Balaban J connectivity index is 2.24. The highest BCUT2D eigenvalue weighted by atomic mass is 32.2. The van der Waals surface area contributed by atoms with E-state index in [9.17, 15) is 8.42 Å². The van der Waals surface area contributed by atoms with Gasteiger partial charge >= 0.3 is 0 Å². The summed E-state index contributed by atoms with van der Waals surface area (Å²) in [6, 6.07) is 0. The van der Waals surface area contributed by atoms with E-state index in [0.29, 0.717) is 13.0 Å². The largest absolute Gasteiger partial charge is 0.317 e. The zero-order chi connectivity index (χ0) is 12.8. The van der Waals surface area contributed by atoms with E-state index in [1.807, 2.05) is 6.92 Å². The van der Waals surface area contributed by atoms with E-state index in [4.69, 9.17) is 0 Å². The summed E-state index contributed by atoms with van der Waals surface area (Å²) in [5, 5.41) is 3.13. The number of rotatable bonds is 9. The Morgan fingerprint density at radius 3 is 2.41 bits per heavy atom. The average molecular weight is 262 g/mol. The molecule has 1 rings (SSSR count). The second kappa shape index (κ2) is 6.71. The lowest BCUT2D eigenvalue weighted by Crippen LogP contribution is -2.42. The maximum absolute atomic E-state index is 11.8. The van der Waals surface area contributed by atoms with Crippen molar-refractivity contribution < 1.29 is 8.42 Å². The summed E-state index contributed by atoms with van der Waals surface area (Å²) in [6.45, 7) is 6.47. The molecule has 0 heterocycles. The van der Waals surface area contributed by atoms with Crippen LogP contribution in [-0.2, 0) is 10.0 Å². The molecule has 0 unspecified atom stereocenters. The van der Waals surface area contributed by atoms with Crippen LogP contribution in [0.4, 0.5) is 0 Å². The van der Waals surface area contributed by atoms with E-state index in [-0.39, 0.29) is 11.2 Å². The first kappa shape index (κ1) is 14.9. The monoisotopic (exact) mass is 262 g/mol. The third kappa shape index (κ3) is 4.94. The van der Waals surface area contributed by atoms with Gasteiger partial charge in [0, 0.05) is 6.54 Å². The van der Waals surface area contributed by atoms with Crippen LogP contribution in [0.5, 0.6) is 0 Å². The third-order valence-corrected chi connectivity index (χ3v) is 5.26. The summed E-state index contributed by atoms with van der Waals surface area (Å²) in [6.07, 6.45) is 5.35. The van der Waals surface area contributed by atoms with Gasteiger partial charge in [0.05, 0.1) is 5.75 Å². The lowest BCUT2D eigenvalue weighted by atomic mass is 9.67. The zero-order valence-electron chi connectivity index (χ0n) is 11.1. The first-order valence-electron chi connectivity index (χ1n) is 6.72. The molecule has 17 heavy (non-hydrogen) atoms. The summed E-state index contributed by atoms with van der Waals surface area (Å²) < 4.78 is 26.3. The number of sulfonamides is 1. The first-order chi connectivity index (χ1) is 8.04. The predicted octanol–water partition coefficient (Wildman–Crippen LogP) is 1.49. The molecule has 0 radical (unpaired) electrons. The topological polar surface area (TPSA) is 58.2 Å². The Morgan fingerprint density at radius 2 is 1.94 bits per heavy atom. The van der Waals surface area contributed by atoms with Crippen molar-refractivity contribution in [2.45, 2.75) is 46.0 Å². The minimum Gasteiger partial charge on any atom is -0.317 e. The standard InChI is InChI=1S/C12H26N2O2S/c1-3-12(7-5-8-12)11-14-17(15,16)10-6-9-13-4-2/h13-14H,3-11H2,1-2H3. The van der Waals surface area contributed by atoms with Crippen molar-refractivity contribution in [2.24, 2.45) is 5.41 Å². The van der Waals surface area contributed by atoms with Crippen molar-refractivity contribution in [3.8, 4) is 0 Å². The van der Waals surface area contributed by atoms with Crippen LogP contribution in [0, 0.1) is 5.41 Å². The van der Waals surface area contributed by atoms with Gasteiger partial charge in [0.2, 0.25) is 10.0 Å². The lowest BCUT2D eigenvalue weighted by molar-refractivity contribution is 0.133. The van der Waals surface area contributed by atoms with Gasteiger partial charge < -0.3 is 5.32 Å². The van der Waals surface area contributed by atoms with Gasteiger partial charge in [0.1, 0.15) is 0 Å². The Bertz CT molecular complexity index is 305. The maximum atomic E-state index is 11.8. The summed E-state index contributed by atoms with van der Waals surface area (Å²) in [7, 11) is -3.07. The number of hydrogen-bond acceptors (Lipinski definition) is 3. The minimum absolute atomic E-state index is 0.236. The van der Waals surface area contributed by atoms with Crippen molar-refractivity contribution in [1.29, 1.82) is 0 Å². The lowest BCUT2D eigenvalue weighted by Gasteiger charge is -2.41. The van der Waals surface area contributed by atoms with Gasteiger partial charge in [-0.3, -0.25) is 0 Å². The van der Waals surface area contributed by atoms with Crippen LogP contribution < -0.4 is 10.0 Å². The molecule has 0 aromatic heterocycles. The predicted molar refractivity (Wildman–Crippen MR) is 71.5 cm³/mol. The molecule has 1 aliphatic rings. The fraction of sp³-hybridized carbons (Fsp3) is 1.00. The maximum Gasteiger partial charge on any atom is 0.211 e. The molecule has 5 heteroatoms. The molecule has 0 aliphatic heterocycles. The molecular formula is C12H26N2O2S. The highest BCUT2D eigenvalue weighted by molar-refractivity contribution is 7.89. The van der Waals surface area contributed by atoms with Crippen molar-refractivity contribution in [2.75, 3.05) is 25.4 Å². The molecule has 1 fully saturated rings. The highest BCUT2D eigenvalue weighted by Crippen LogP contribution is 2.43. The minimum atomic E-state index is -3.07. The highest BCUT2D eigenvalue weighted by Gasteiger charge is 2.35. The SMILES string of the molecule is CCNCCCS(=O)(=O)NCC1(CC)CCC1. The van der Waals surface area contributed by atoms with Crippen molar-refractivity contribution >= 4 is 10.0 Å². The Morgan fingerprint density at radius 1 is 1.24 bits per heavy atom. The number of hydrogen-bond donors (Lipinski definition) is 2.